The second-order valence-corrected chi connectivity index (χ2v) is 8.32. The summed E-state index contributed by atoms with van der Waals surface area (Å²) in [5.41, 5.74) is 3.82. The number of hydrogen-bond donors (Lipinski definition) is 1. The predicted molar refractivity (Wildman–Crippen MR) is 132 cm³/mol. The molecule has 1 N–H and O–H groups in total. The van der Waals surface area contributed by atoms with E-state index >= 15 is 0 Å². The van der Waals surface area contributed by atoms with E-state index in [0.29, 0.717) is 10.8 Å². The number of hydrogen-bond acceptors (Lipinski definition) is 3. The molecule has 0 amide bonds. The van der Waals surface area contributed by atoms with Crippen LogP contribution < -0.4 is 4.74 Å². The van der Waals surface area contributed by atoms with Crippen LogP contribution in [0.4, 0.5) is 0 Å². The molecule has 0 aliphatic carbocycles. The van der Waals surface area contributed by atoms with E-state index in [1.165, 1.54) is 11.1 Å². The van der Waals surface area contributed by atoms with Gasteiger partial charge in [0.25, 0.3) is 0 Å². The van der Waals surface area contributed by atoms with Gasteiger partial charge in [-0.1, -0.05) is 71.8 Å². The van der Waals surface area contributed by atoms with Crippen molar-refractivity contribution in [3.8, 4) is 5.75 Å². The molecule has 164 valence electrons. The second-order valence-electron chi connectivity index (χ2n) is 7.94. The number of aliphatic hydroxyl groups is 1. The van der Waals surface area contributed by atoms with E-state index in [1.807, 2.05) is 30.3 Å². The lowest BCUT2D eigenvalue weighted by atomic mass is 9.98. The van der Waals surface area contributed by atoms with Gasteiger partial charge in [0.1, 0.15) is 5.75 Å². The Hall–Kier alpha value is -2.04. The van der Waals surface area contributed by atoms with Crippen LogP contribution in [0.25, 0.3) is 10.8 Å². The van der Waals surface area contributed by atoms with Crippen LogP contribution in [0.2, 0.25) is 5.02 Å². The number of rotatable bonds is 7. The summed E-state index contributed by atoms with van der Waals surface area (Å²) in [5.74, 6) is 0.669. The summed E-state index contributed by atoms with van der Waals surface area (Å²) in [6.45, 7) is 2.90. The molecule has 3 aromatic carbocycles. The van der Waals surface area contributed by atoms with Gasteiger partial charge in [0.2, 0.25) is 0 Å². The summed E-state index contributed by atoms with van der Waals surface area (Å²) >= 11 is 6.40. The van der Waals surface area contributed by atoms with Crippen molar-refractivity contribution in [2.24, 2.45) is 0 Å². The minimum absolute atomic E-state index is 0. The number of methoxy groups -OCH3 is 1. The molecule has 3 nitrogen and oxygen atoms in total. The fourth-order valence-corrected chi connectivity index (χ4v) is 4.41. The van der Waals surface area contributed by atoms with Gasteiger partial charge in [0.05, 0.1) is 18.2 Å². The summed E-state index contributed by atoms with van der Waals surface area (Å²) in [6, 6.07) is 20.5. The highest BCUT2D eigenvalue weighted by molar-refractivity contribution is 6.37. The van der Waals surface area contributed by atoms with Crippen LogP contribution in [0.15, 0.2) is 72.3 Å². The molecule has 1 unspecified atom stereocenters. The highest BCUT2D eigenvalue weighted by Crippen LogP contribution is 2.34. The van der Waals surface area contributed by atoms with Crippen molar-refractivity contribution in [1.29, 1.82) is 0 Å². The van der Waals surface area contributed by atoms with Crippen molar-refractivity contribution in [1.82, 2.24) is 4.90 Å². The first-order valence-corrected chi connectivity index (χ1v) is 10.9. The lowest BCUT2D eigenvalue weighted by molar-refractivity contribution is 0.144. The summed E-state index contributed by atoms with van der Waals surface area (Å²) in [5, 5.41) is 13.3. The minimum atomic E-state index is -0.482. The Bertz CT molecular complexity index is 1040. The number of halogens is 2. The van der Waals surface area contributed by atoms with Gasteiger partial charge in [-0.15, -0.1) is 12.4 Å². The van der Waals surface area contributed by atoms with Gasteiger partial charge in [-0.3, -0.25) is 4.90 Å². The largest absolute Gasteiger partial charge is 0.495 e. The first kappa shape index (κ1) is 23.6. The second kappa shape index (κ2) is 11.0. The van der Waals surface area contributed by atoms with E-state index in [2.05, 4.69) is 41.3 Å². The Labute approximate surface area is 195 Å². The van der Waals surface area contributed by atoms with Gasteiger partial charge >= 0.3 is 0 Å². The molecule has 0 saturated carbocycles. The maximum absolute atomic E-state index is 10.7. The van der Waals surface area contributed by atoms with Crippen LogP contribution in [0.5, 0.6) is 5.75 Å². The van der Waals surface area contributed by atoms with Gasteiger partial charge < -0.3 is 9.84 Å². The smallest absolute Gasteiger partial charge is 0.138 e. The topological polar surface area (TPSA) is 32.7 Å². The summed E-state index contributed by atoms with van der Waals surface area (Å²) < 4.78 is 5.29. The Balaban J connectivity index is 0.00000272. The average molecular weight is 458 g/mol. The van der Waals surface area contributed by atoms with Crippen LogP contribution >= 0.6 is 24.0 Å². The van der Waals surface area contributed by atoms with Gasteiger partial charge in [0.15, 0.2) is 0 Å². The monoisotopic (exact) mass is 457 g/mol. The van der Waals surface area contributed by atoms with Crippen molar-refractivity contribution in [2.45, 2.75) is 25.4 Å². The number of nitrogens with zero attached hydrogens (tertiary/aromatic N) is 1. The van der Waals surface area contributed by atoms with Crippen molar-refractivity contribution in [3.05, 3.63) is 88.5 Å². The fourth-order valence-electron chi connectivity index (χ4n) is 4.10. The van der Waals surface area contributed by atoms with E-state index in [0.717, 1.165) is 55.2 Å². The zero-order valence-electron chi connectivity index (χ0n) is 17.8. The summed E-state index contributed by atoms with van der Waals surface area (Å²) in [6.07, 6.45) is 4.74. The zero-order valence-corrected chi connectivity index (χ0v) is 19.3. The minimum Gasteiger partial charge on any atom is -0.495 e. The van der Waals surface area contributed by atoms with Crippen molar-refractivity contribution in [3.63, 3.8) is 0 Å². The Kier molecular flexibility index (Phi) is 8.39. The van der Waals surface area contributed by atoms with Gasteiger partial charge in [-0.25, -0.2) is 0 Å². The van der Waals surface area contributed by atoms with Crippen molar-refractivity contribution < 1.29 is 9.84 Å². The first-order chi connectivity index (χ1) is 14.6. The molecule has 1 heterocycles. The molecule has 1 atom stereocenters. The quantitative estimate of drug-likeness (QED) is 0.427. The third-order valence-electron chi connectivity index (χ3n) is 5.93. The Morgan fingerprint density at radius 3 is 2.61 bits per heavy atom. The molecule has 0 radical (unpaired) electrons. The molecule has 0 fully saturated rings. The highest BCUT2D eigenvalue weighted by Gasteiger charge is 2.15. The third kappa shape index (κ3) is 5.81. The van der Waals surface area contributed by atoms with Crippen LogP contribution in [0.1, 0.15) is 30.1 Å². The fraction of sp³-hybridized carbons (Fsp3) is 0.308. The average Bonchev–Trinajstić information content (AvgIpc) is 2.79. The highest BCUT2D eigenvalue weighted by atomic mass is 35.5. The molecule has 0 aromatic heterocycles. The van der Waals surface area contributed by atoms with Gasteiger partial charge in [-0.2, -0.15) is 0 Å². The van der Waals surface area contributed by atoms with E-state index in [4.69, 9.17) is 16.3 Å². The molecule has 0 bridgehead atoms. The molecule has 3 aromatic rings. The van der Waals surface area contributed by atoms with Crippen LogP contribution in [0.3, 0.4) is 0 Å². The standard InChI is InChI=1S/C26H28ClNO2.ClH/c1-30-25-10-8-21-18-22(7-9-23(21)26(25)27)24(29)13-16-28-14-11-20(12-15-28)17-19-5-3-2-4-6-19;/h2-11,18,24,29H,12-17H2,1H3;1H. The number of ether oxygens (including phenoxy) is 1. The molecule has 0 spiro atoms. The lowest BCUT2D eigenvalue weighted by Gasteiger charge is -2.27. The predicted octanol–water partition coefficient (Wildman–Crippen LogP) is 6.22. The normalized spacial score (nSPS) is 15.3. The SMILES string of the molecule is COc1ccc2cc(C(O)CCN3CC=C(Cc4ccccc4)CC3)ccc2c1Cl.Cl. The van der Waals surface area contributed by atoms with Crippen molar-refractivity contribution in [2.75, 3.05) is 26.7 Å². The molecule has 31 heavy (non-hydrogen) atoms. The van der Waals surface area contributed by atoms with E-state index in [9.17, 15) is 5.11 Å². The molecular formula is C26H29Cl2NO2. The number of fused-ring (bicyclic) bond motifs is 1. The third-order valence-corrected chi connectivity index (χ3v) is 6.32. The number of benzene rings is 3. The Morgan fingerprint density at radius 1 is 1.10 bits per heavy atom. The van der Waals surface area contributed by atoms with Gasteiger partial charge in [0, 0.05) is 25.0 Å². The molecule has 5 heteroatoms. The molecule has 1 aliphatic rings. The molecular weight excluding hydrogens is 429 g/mol. The maximum Gasteiger partial charge on any atom is 0.138 e. The van der Waals surface area contributed by atoms with Crippen LogP contribution in [-0.4, -0.2) is 36.8 Å². The molecule has 1 aliphatic heterocycles. The van der Waals surface area contributed by atoms with Crippen molar-refractivity contribution >= 4 is 34.8 Å². The van der Waals surface area contributed by atoms with E-state index < -0.39 is 6.10 Å². The molecule has 4 rings (SSSR count). The summed E-state index contributed by atoms with van der Waals surface area (Å²) in [7, 11) is 1.62. The van der Waals surface area contributed by atoms with E-state index in [-0.39, 0.29) is 12.4 Å². The van der Waals surface area contributed by atoms with E-state index in [1.54, 1.807) is 7.11 Å². The lowest BCUT2D eigenvalue weighted by Crippen LogP contribution is -2.30. The van der Waals surface area contributed by atoms with Crippen LogP contribution in [-0.2, 0) is 6.42 Å². The van der Waals surface area contributed by atoms with Gasteiger partial charge in [-0.05, 0) is 47.9 Å². The number of aliphatic hydroxyl groups excluding tert-OH is 1. The van der Waals surface area contributed by atoms with Crippen LogP contribution in [0, 0.1) is 0 Å². The Morgan fingerprint density at radius 2 is 1.90 bits per heavy atom. The summed E-state index contributed by atoms with van der Waals surface area (Å²) in [4.78, 5) is 2.42. The zero-order chi connectivity index (χ0) is 20.9. The first-order valence-electron chi connectivity index (χ1n) is 10.5. The maximum atomic E-state index is 10.7. The molecule has 0 saturated heterocycles.